The molecule has 2 aliphatic rings. The van der Waals surface area contributed by atoms with Gasteiger partial charge >= 0.3 is 0 Å². The maximum absolute atomic E-state index is 12.8. The monoisotopic (exact) mass is 262 g/mol. The molecule has 2 atom stereocenters. The summed E-state index contributed by atoms with van der Waals surface area (Å²) in [5.74, 6) is -0.395. The summed E-state index contributed by atoms with van der Waals surface area (Å²) >= 11 is 0. The first kappa shape index (κ1) is 12.6. The lowest BCUT2D eigenvalue weighted by atomic mass is 9.99. The molecule has 3 nitrogen and oxygen atoms in total. The fraction of sp³-hybridized carbons (Fsp3) is 0.533. The molecule has 102 valence electrons. The van der Waals surface area contributed by atoms with Gasteiger partial charge in [-0.3, -0.25) is 9.69 Å². The Kier molecular flexibility index (Phi) is 3.51. The van der Waals surface area contributed by atoms with Crippen molar-refractivity contribution < 1.29 is 9.18 Å². The van der Waals surface area contributed by atoms with Gasteiger partial charge in [0.15, 0.2) is 0 Å². The van der Waals surface area contributed by atoms with E-state index in [0.29, 0.717) is 11.6 Å². The molecule has 0 spiro atoms. The van der Waals surface area contributed by atoms with E-state index in [1.165, 1.54) is 43.5 Å². The summed E-state index contributed by atoms with van der Waals surface area (Å²) in [6, 6.07) is 6.49. The quantitative estimate of drug-likeness (QED) is 0.886. The van der Waals surface area contributed by atoms with Crippen LogP contribution in [-0.4, -0.2) is 36.0 Å². The number of rotatable bonds is 2. The highest BCUT2D eigenvalue weighted by atomic mass is 19.1. The smallest absolute Gasteiger partial charge is 0.251 e. The normalized spacial score (nSPS) is 27.0. The van der Waals surface area contributed by atoms with Crippen molar-refractivity contribution in [2.45, 2.75) is 37.8 Å². The van der Waals surface area contributed by atoms with Crippen molar-refractivity contribution in [3.63, 3.8) is 0 Å². The SMILES string of the molecule is O=C(N[C@@H]1CCN2CCCC[C@H]12)c1ccc(F)cc1. The lowest BCUT2D eigenvalue weighted by Crippen LogP contribution is -2.46. The van der Waals surface area contributed by atoms with E-state index in [1.54, 1.807) is 0 Å². The molecule has 0 radical (unpaired) electrons. The van der Waals surface area contributed by atoms with Crippen LogP contribution in [-0.2, 0) is 0 Å². The Morgan fingerprint density at radius 3 is 2.74 bits per heavy atom. The molecule has 1 N–H and O–H groups in total. The number of benzene rings is 1. The number of fused-ring (bicyclic) bond motifs is 1. The second-order valence-corrected chi connectivity index (χ2v) is 5.47. The number of hydrogen-bond acceptors (Lipinski definition) is 2. The Hall–Kier alpha value is -1.42. The van der Waals surface area contributed by atoms with Gasteiger partial charge in [0.2, 0.25) is 0 Å². The molecule has 19 heavy (non-hydrogen) atoms. The van der Waals surface area contributed by atoms with Gasteiger partial charge in [-0.05, 0) is 50.1 Å². The number of nitrogens with one attached hydrogen (secondary N) is 1. The van der Waals surface area contributed by atoms with Crippen LogP contribution in [0.5, 0.6) is 0 Å². The molecule has 2 fully saturated rings. The molecule has 0 unspecified atom stereocenters. The summed E-state index contributed by atoms with van der Waals surface area (Å²) < 4.78 is 12.8. The first-order chi connectivity index (χ1) is 9.24. The first-order valence-electron chi connectivity index (χ1n) is 7.04. The number of carbonyl (C=O) groups excluding carboxylic acids is 1. The molecule has 2 aliphatic heterocycles. The third-order valence-electron chi connectivity index (χ3n) is 4.28. The van der Waals surface area contributed by atoms with Crippen molar-refractivity contribution in [1.82, 2.24) is 10.2 Å². The van der Waals surface area contributed by atoms with Crippen molar-refractivity contribution in [3.8, 4) is 0 Å². The Balaban J connectivity index is 1.65. The predicted octanol–water partition coefficient (Wildman–Crippen LogP) is 2.18. The van der Waals surface area contributed by atoms with E-state index >= 15 is 0 Å². The minimum atomic E-state index is -0.309. The van der Waals surface area contributed by atoms with Gasteiger partial charge in [-0.2, -0.15) is 0 Å². The van der Waals surface area contributed by atoms with Crippen molar-refractivity contribution in [3.05, 3.63) is 35.6 Å². The van der Waals surface area contributed by atoms with E-state index in [-0.39, 0.29) is 17.8 Å². The van der Waals surface area contributed by atoms with Crippen LogP contribution in [0.15, 0.2) is 24.3 Å². The first-order valence-corrected chi connectivity index (χ1v) is 7.04. The molecule has 0 bridgehead atoms. The molecule has 3 rings (SSSR count). The Morgan fingerprint density at radius 2 is 1.95 bits per heavy atom. The molecule has 1 aromatic rings. The molecule has 4 heteroatoms. The zero-order chi connectivity index (χ0) is 13.2. The van der Waals surface area contributed by atoms with Gasteiger partial charge in [-0.15, -0.1) is 0 Å². The molecule has 2 heterocycles. The summed E-state index contributed by atoms with van der Waals surface area (Å²) in [6.45, 7) is 2.24. The van der Waals surface area contributed by atoms with E-state index in [9.17, 15) is 9.18 Å². The van der Waals surface area contributed by atoms with E-state index < -0.39 is 0 Å². The van der Waals surface area contributed by atoms with Crippen LogP contribution in [0, 0.1) is 5.82 Å². The van der Waals surface area contributed by atoms with Crippen LogP contribution in [0.3, 0.4) is 0 Å². The maximum Gasteiger partial charge on any atom is 0.251 e. The van der Waals surface area contributed by atoms with E-state index in [2.05, 4.69) is 10.2 Å². The minimum Gasteiger partial charge on any atom is -0.348 e. The Labute approximate surface area is 112 Å². The summed E-state index contributed by atoms with van der Waals surface area (Å²) in [4.78, 5) is 14.6. The van der Waals surface area contributed by atoms with Crippen LogP contribution >= 0.6 is 0 Å². The molecular weight excluding hydrogens is 243 g/mol. The second kappa shape index (κ2) is 5.29. The topological polar surface area (TPSA) is 32.3 Å². The minimum absolute atomic E-state index is 0.0857. The van der Waals surface area contributed by atoms with E-state index in [1.807, 2.05) is 0 Å². The van der Waals surface area contributed by atoms with Gasteiger partial charge in [-0.25, -0.2) is 4.39 Å². The van der Waals surface area contributed by atoms with Gasteiger partial charge in [0.25, 0.3) is 5.91 Å². The molecular formula is C15H19FN2O. The van der Waals surface area contributed by atoms with Crippen molar-refractivity contribution in [1.29, 1.82) is 0 Å². The van der Waals surface area contributed by atoms with Crippen LogP contribution in [0.4, 0.5) is 4.39 Å². The predicted molar refractivity (Wildman–Crippen MR) is 71.5 cm³/mol. The summed E-state index contributed by atoms with van der Waals surface area (Å²) in [6.07, 6.45) is 4.73. The van der Waals surface area contributed by atoms with Crippen molar-refractivity contribution >= 4 is 5.91 Å². The van der Waals surface area contributed by atoms with Crippen LogP contribution < -0.4 is 5.32 Å². The number of carbonyl (C=O) groups is 1. The highest BCUT2D eigenvalue weighted by Crippen LogP contribution is 2.27. The highest BCUT2D eigenvalue weighted by molar-refractivity contribution is 5.94. The lowest BCUT2D eigenvalue weighted by molar-refractivity contribution is 0.0915. The Bertz CT molecular complexity index is 460. The maximum atomic E-state index is 12.8. The largest absolute Gasteiger partial charge is 0.348 e. The molecule has 0 saturated carbocycles. The van der Waals surface area contributed by atoms with Gasteiger partial charge in [0, 0.05) is 24.2 Å². The van der Waals surface area contributed by atoms with Crippen LogP contribution in [0.1, 0.15) is 36.0 Å². The number of piperidine rings is 1. The van der Waals surface area contributed by atoms with E-state index in [0.717, 1.165) is 19.5 Å². The second-order valence-electron chi connectivity index (χ2n) is 5.47. The van der Waals surface area contributed by atoms with Crippen molar-refractivity contribution in [2.24, 2.45) is 0 Å². The fourth-order valence-electron chi connectivity index (χ4n) is 3.27. The Morgan fingerprint density at radius 1 is 1.16 bits per heavy atom. The van der Waals surface area contributed by atoms with Crippen LogP contribution in [0.2, 0.25) is 0 Å². The number of hydrogen-bond donors (Lipinski definition) is 1. The molecule has 1 amide bonds. The van der Waals surface area contributed by atoms with Gasteiger partial charge in [-0.1, -0.05) is 6.42 Å². The van der Waals surface area contributed by atoms with E-state index in [4.69, 9.17) is 0 Å². The van der Waals surface area contributed by atoms with Crippen molar-refractivity contribution in [2.75, 3.05) is 13.1 Å². The summed E-state index contributed by atoms with van der Waals surface area (Å²) in [5, 5.41) is 3.11. The zero-order valence-electron chi connectivity index (χ0n) is 10.9. The van der Waals surface area contributed by atoms with Crippen LogP contribution in [0.25, 0.3) is 0 Å². The zero-order valence-corrected chi connectivity index (χ0v) is 10.9. The highest BCUT2D eigenvalue weighted by Gasteiger charge is 2.36. The summed E-state index contributed by atoms with van der Waals surface area (Å²) in [5.41, 5.74) is 0.538. The summed E-state index contributed by atoms with van der Waals surface area (Å²) in [7, 11) is 0. The van der Waals surface area contributed by atoms with Gasteiger partial charge in [0.05, 0.1) is 0 Å². The average molecular weight is 262 g/mol. The number of amides is 1. The third kappa shape index (κ3) is 2.63. The molecule has 0 aromatic heterocycles. The third-order valence-corrected chi connectivity index (χ3v) is 4.28. The molecule has 0 aliphatic carbocycles. The van der Waals surface area contributed by atoms with Gasteiger partial charge in [0.1, 0.15) is 5.82 Å². The fourth-order valence-corrected chi connectivity index (χ4v) is 3.27. The number of halogens is 1. The standard InChI is InChI=1S/C15H19FN2O/c16-12-6-4-11(5-7-12)15(19)17-13-8-10-18-9-2-1-3-14(13)18/h4-7,13-14H,1-3,8-10H2,(H,17,19)/t13-,14-/m1/s1. The average Bonchev–Trinajstić information content (AvgIpc) is 2.83. The molecule has 1 aromatic carbocycles. The molecule has 2 saturated heterocycles. The lowest BCUT2D eigenvalue weighted by Gasteiger charge is -2.32. The number of nitrogens with zero attached hydrogens (tertiary/aromatic N) is 1. The van der Waals surface area contributed by atoms with Gasteiger partial charge < -0.3 is 5.32 Å².